The summed E-state index contributed by atoms with van der Waals surface area (Å²) < 4.78 is 5.63. The normalized spacial score (nSPS) is 10.1. The lowest BCUT2D eigenvalue weighted by molar-refractivity contribution is 0.341. The fourth-order valence-corrected chi connectivity index (χ4v) is 1.78. The molecule has 18 heavy (non-hydrogen) atoms. The molecule has 0 radical (unpaired) electrons. The predicted octanol–water partition coefficient (Wildman–Crippen LogP) is 2.97. The topological polar surface area (TPSA) is 47.0 Å². The zero-order valence-corrected chi connectivity index (χ0v) is 10.7. The number of anilines is 1. The lowest BCUT2D eigenvalue weighted by atomic mass is 10.1. The van der Waals surface area contributed by atoms with E-state index in [1.54, 1.807) is 12.4 Å². The number of ether oxygens (including phenoxy) is 1. The lowest BCUT2D eigenvalue weighted by Gasteiger charge is -2.12. The molecule has 94 valence electrons. The molecule has 4 heteroatoms. The van der Waals surface area contributed by atoms with Crippen LogP contribution in [0.5, 0.6) is 5.75 Å². The number of nitrogens with zero attached hydrogens (tertiary/aromatic N) is 2. The van der Waals surface area contributed by atoms with Crippen LogP contribution in [0.2, 0.25) is 0 Å². The first kappa shape index (κ1) is 12.4. The van der Waals surface area contributed by atoms with E-state index in [0.29, 0.717) is 6.61 Å². The van der Waals surface area contributed by atoms with E-state index in [2.05, 4.69) is 15.3 Å². The average molecular weight is 243 g/mol. The molecule has 4 nitrogen and oxygen atoms in total. The van der Waals surface area contributed by atoms with Crippen LogP contribution in [0, 0.1) is 0 Å². The van der Waals surface area contributed by atoms with Crippen molar-refractivity contribution in [1.82, 2.24) is 9.97 Å². The molecule has 0 atom stereocenters. The largest absolute Gasteiger partial charge is 0.493 e. The molecule has 1 aromatic heterocycles. The molecular weight excluding hydrogens is 226 g/mol. The second-order valence-corrected chi connectivity index (χ2v) is 3.71. The van der Waals surface area contributed by atoms with Gasteiger partial charge in [0.2, 0.25) is 0 Å². The van der Waals surface area contributed by atoms with Crippen LogP contribution in [-0.4, -0.2) is 23.1 Å². The van der Waals surface area contributed by atoms with Gasteiger partial charge in [0.15, 0.2) is 5.82 Å². The first-order valence-electron chi connectivity index (χ1n) is 6.13. The summed E-state index contributed by atoms with van der Waals surface area (Å²) in [5.74, 6) is 1.62. The minimum Gasteiger partial charge on any atom is -0.493 e. The van der Waals surface area contributed by atoms with Gasteiger partial charge in [0.1, 0.15) is 11.4 Å². The molecule has 0 saturated carbocycles. The summed E-state index contributed by atoms with van der Waals surface area (Å²) in [6.07, 6.45) is 3.38. The maximum Gasteiger partial charge on any atom is 0.152 e. The summed E-state index contributed by atoms with van der Waals surface area (Å²) in [5.41, 5.74) is 1.78. The Bertz CT molecular complexity index is 466. The molecule has 1 aromatic carbocycles. The van der Waals surface area contributed by atoms with Crippen molar-refractivity contribution in [3.63, 3.8) is 0 Å². The average Bonchev–Trinajstić information content (AvgIpc) is 2.41. The molecule has 0 spiro atoms. The van der Waals surface area contributed by atoms with Crippen LogP contribution in [0.25, 0.3) is 11.3 Å². The van der Waals surface area contributed by atoms with E-state index in [9.17, 15) is 0 Å². The molecule has 0 aliphatic heterocycles. The van der Waals surface area contributed by atoms with Gasteiger partial charge in [-0.1, -0.05) is 12.1 Å². The Kier molecular flexibility index (Phi) is 4.12. The number of rotatable bonds is 5. The van der Waals surface area contributed by atoms with Crippen molar-refractivity contribution in [1.29, 1.82) is 0 Å². The first-order chi connectivity index (χ1) is 8.86. The summed E-state index contributed by atoms with van der Waals surface area (Å²) >= 11 is 0. The van der Waals surface area contributed by atoms with Crippen LogP contribution in [0.4, 0.5) is 5.82 Å². The number of benzene rings is 1. The zero-order chi connectivity index (χ0) is 12.8. The van der Waals surface area contributed by atoms with Gasteiger partial charge in [0.25, 0.3) is 0 Å². The third-order valence-electron chi connectivity index (χ3n) is 2.48. The molecule has 1 N–H and O–H groups in total. The first-order valence-corrected chi connectivity index (χ1v) is 6.13. The Morgan fingerprint density at radius 2 is 1.89 bits per heavy atom. The molecule has 0 amide bonds. The summed E-state index contributed by atoms with van der Waals surface area (Å²) in [6, 6.07) is 7.87. The highest BCUT2D eigenvalue weighted by Gasteiger charge is 2.11. The van der Waals surface area contributed by atoms with Gasteiger partial charge in [-0.3, -0.25) is 4.98 Å². The smallest absolute Gasteiger partial charge is 0.152 e. The maximum absolute atomic E-state index is 5.63. The fourth-order valence-electron chi connectivity index (χ4n) is 1.78. The Balaban J connectivity index is 2.47. The van der Waals surface area contributed by atoms with Crippen LogP contribution in [0.3, 0.4) is 0 Å². The van der Waals surface area contributed by atoms with Gasteiger partial charge < -0.3 is 10.1 Å². The highest BCUT2D eigenvalue weighted by Crippen LogP contribution is 2.31. The number of nitrogens with one attached hydrogen (secondary N) is 1. The van der Waals surface area contributed by atoms with Gasteiger partial charge in [-0.25, -0.2) is 4.98 Å². The van der Waals surface area contributed by atoms with Crippen molar-refractivity contribution in [2.45, 2.75) is 13.8 Å². The van der Waals surface area contributed by atoms with Crippen LogP contribution >= 0.6 is 0 Å². The van der Waals surface area contributed by atoms with Crippen molar-refractivity contribution >= 4 is 5.82 Å². The molecule has 0 fully saturated rings. The summed E-state index contributed by atoms with van der Waals surface area (Å²) in [5, 5.41) is 3.21. The van der Waals surface area contributed by atoms with Crippen LogP contribution in [0.15, 0.2) is 36.7 Å². The Hall–Kier alpha value is -2.10. The molecule has 2 aromatic rings. The molecule has 0 unspecified atom stereocenters. The van der Waals surface area contributed by atoms with Crippen molar-refractivity contribution in [2.24, 2.45) is 0 Å². The van der Waals surface area contributed by atoms with Gasteiger partial charge in [0.05, 0.1) is 6.61 Å². The van der Waals surface area contributed by atoms with Crippen molar-refractivity contribution in [3.8, 4) is 17.0 Å². The summed E-state index contributed by atoms with van der Waals surface area (Å²) in [7, 11) is 0. The summed E-state index contributed by atoms with van der Waals surface area (Å²) in [6.45, 7) is 5.45. The zero-order valence-electron chi connectivity index (χ0n) is 10.7. The number of para-hydroxylation sites is 1. The molecule has 0 saturated heterocycles. The fraction of sp³-hybridized carbons (Fsp3) is 0.286. The van der Waals surface area contributed by atoms with Crippen molar-refractivity contribution in [3.05, 3.63) is 36.7 Å². The quantitative estimate of drug-likeness (QED) is 0.877. The highest BCUT2D eigenvalue weighted by molar-refractivity contribution is 5.75. The SMILES string of the molecule is CCNc1nccnc1-c1ccccc1OCC. The maximum atomic E-state index is 5.63. The van der Waals surface area contributed by atoms with E-state index >= 15 is 0 Å². The van der Waals surface area contributed by atoms with Crippen LogP contribution < -0.4 is 10.1 Å². The number of hydrogen-bond acceptors (Lipinski definition) is 4. The third kappa shape index (κ3) is 2.59. The molecule has 0 bridgehead atoms. The van der Waals surface area contributed by atoms with Gasteiger partial charge >= 0.3 is 0 Å². The van der Waals surface area contributed by atoms with Gasteiger partial charge in [-0.05, 0) is 26.0 Å². The van der Waals surface area contributed by atoms with E-state index in [4.69, 9.17) is 4.74 Å². The predicted molar refractivity (Wildman–Crippen MR) is 72.8 cm³/mol. The Morgan fingerprint density at radius 1 is 1.11 bits per heavy atom. The minimum absolute atomic E-state index is 0.633. The van der Waals surface area contributed by atoms with Crippen LogP contribution in [-0.2, 0) is 0 Å². The van der Waals surface area contributed by atoms with E-state index in [0.717, 1.165) is 29.4 Å². The van der Waals surface area contributed by atoms with E-state index in [1.165, 1.54) is 0 Å². The van der Waals surface area contributed by atoms with Gasteiger partial charge in [-0.2, -0.15) is 0 Å². The second-order valence-electron chi connectivity index (χ2n) is 3.71. The molecule has 2 rings (SSSR count). The Labute approximate surface area is 107 Å². The van der Waals surface area contributed by atoms with E-state index in [-0.39, 0.29) is 0 Å². The van der Waals surface area contributed by atoms with Crippen LogP contribution in [0.1, 0.15) is 13.8 Å². The number of hydrogen-bond donors (Lipinski definition) is 1. The number of aromatic nitrogens is 2. The van der Waals surface area contributed by atoms with E-state index < -0.39 is 0 Å². The highest BCUT2D eigenvalue weighted by atomic mass is 16.5. The van der Waals surface area contributed by atoms with Crippen molar-refractivity contribution in [2.75, 3.05) is 18.5 Å². The molecular formula is C14H17N3O. The third-order valence-corrected chi connectivity index (χ3v) is 2.48. The van der Waals surface area contributed by atoms with Gasteiger partial charge in [-0.15, -0.1) is 0 Å². The summed E-state index contributed by atoms with van der Waals surface area (Å²) in [4.78, 5) is 8.72. The second kappa shape index (κ2) is 6.00. The van der Waals surface area contributed by atoms with E-state index in [1.807, 2.05) is 38.1 Å². The molecule has 0 aliphatic carbocycles. The molecule has 1 heterocycles. The minimum atomic E-state index is 0.633. The lowest BCUT2D eigenvalue weighted by Crippen LogP contribution is -2.03. The van der Waals surface area contributed by atoms with Gasteiger partial charge in [0, 0.05) is 24.5 Å². The standard InChI is InChI=1S/C14H17N3O/c1-3-15-14-13(16-9-10-17-14)11-7-5-6-8-12(11)18-4-2/h5-10H,3-4H2,1-2H3,(H,15,17). The molecule has 0 aliphatic rings. The monoisotopic (exact) mass is 243 g/mol. The Morgan fingerprint density at radius 3 is 2.67 bits per heavy atom. The van der Waals surface area contributed by atoms with Crippen molar-refractivity contribution < 1.29 is 4.74 Å².